The van der Waals surface area contributed by atoms with Crippen molar-refractivity contribution in [3.05, 3.63) is 36.2 Å². The number of halogens is 3. The largest absolute Gasteiger partial charge is 0.516 e. The van der Waals surface area contributed by atoms with E-state index in [0.717, 1.165) is 29.1 Å². The summed E-state index contributed by atoms with van der Waals surface area (Å²) in [6.07, 6.45) is -2.88. The zero-order valence-corrected chi connectivity index (χ0v) is 15.8. The smallest absolute Gasteiger partial charge is 0.491 e. The molecule has 0 bridgehead atoms. The fourth-order valence-corrected chi connectivity index (χ4v) is 2.11. The Kier molecular flexibility index (Phi) is 6.97. The van der Waals surface area contributed by atoms with Crippen molar-refractivity contribution in [3.63, 3.8) is 0 Å². The molecule has 1 aromatic carbocycles. The molecule has 11 heteroatoms. The van der Waals surface area contributed by atoms with E-state index in [1.807, 2.05) is 0 Å². The summed E-state index contributed by atoms with van der Waals surface area (Å²) < 4.78 is 54.7. The molecule has 2 aromatic rings. The summed E-state index contributed by atoms with van der Waals surface area (Å²) in [5.41, 5.74) is -0.827. The Morgan fingerprint density at radius 2 is 1.97 bits per heavy atom. The van der Waals surface area contributed by atoms with Gasteiger partial charge in [-0.25, -0.2) is 19.3 Å². The lowest BCUT2D eigenvalue weighted by Gasteiger charge is -2.14. The summed E-state index contributed by atoms with van der Waals surface area (Å²) in [6.45, 7) is 4.96. The number of alkyl halides is 3. The molecule has 0 amide bonds. The Morgan fingerprint density at radius 3 is 2.59 bits per heavy atom. The molecule has 0 radical (unpaired) electrons. The monoisotopic (exact) mass is 413 g/mol. The number of rotatable bonds is 6. The molecule has 2 rings (SSSR count). The van der Waals surface area contributed by atoms with Crippen molar-refractivity contribution in [2.45, 2.75) is 33.1 Å². The molecule has 0 saturated carbocycles. The molecule has 0 aliphatic heterocycles. The highest BCUT2D eigenvalue weighted by molar-refractivity contribution is 5.91. The average molecular weight is 413 g/mol. The fourth-order valence-electron chi connectivity index (χ4n) is 2.11. The van der Waals surface area contributed by atoms with Crippen LogP contribution in [0.15, 0.2) is 30.6 Å². The van der Waals surface area contributed by atoms with Crippen LogP contribution >= 0.6 is 0 Å². The summed E-state index contributed by atoms with van der Waals surface area (Å²) in [7, 11) is 0. The van der Waals surface area contributed by atoms with Gasteiger partial charge in [-0.2, -0.15) is 13.2 Å². The minimum atomic E-state index is -4.58. The molecule has 0 aliphatic rings. The number of carbonyl (C=O) groups is 2. The van der Waals surface area contributed by atoms with Crippen LogP contribution in [0.25, 0.3) is 17.6 Å². The number of hydrogen-bond donors (Lipinski definition) is 0. The number of benzene rings is 1. The zero-order valence-electron chi connectivity index (χ0n) is 15.8. The molecule has 8 nitrogen and oxygen atoms in total. The van der Waals surface area contributed by atoms with E-state index < -0.39 is 23.9 Å². The molecule has 0 unspecified atom stereocenters. The van der Waals surface area contributed by atoms with Gasteiger partial charge in [-0.05, 0) is 39.0 Å². The van der Waals surface area contributed by atoms with Crippen molar-refractivity contribution >= 4 is 18.3 Å². The van der Waals surface area contributed by atoms with Crippen LogP contribution < -0.4 is 4.74 Å². The third-order valence-electron chi connectivity index (χ3n) is 3.18. The minimum Gasteiger partial charge on any atom is -0.491 e. The van der Waals surface area contributed by atoms with Crippen LogP contribution in [0.3, 0.4) is 0 Å². The first-order valence-electron chi connectivity index (χ1n) is 8.45. The lowest BCUT2D eigenvalue weighted by molar-refractivity contribution is -0.137. The van der Waals surface area contributed by atoms with Crippen LogP contribution in [0, 0.1) is 0 Å². The summed E-state index contributed by atoms with van der Waals surface area (Å²) >= 11 is 0. The number of hydrogen-bond acceptors (Lipinski definition) is 7. The van der Waals surface area contributed by atoms with Gasteiger partial charge in [-0.1, -0.05) is 0 Å². The highest BCUT2D eigenvalue weighted by atomic mass is 19.4. The van der Waals surface area contributed by atoms with Crippen LogP contribution in [-0.4, -0.2) is 39.6 Å². The van der Waals surface area contributed by atoms with Gasteiger partial charge in [0.25, 0.3) is 0 Å². The van der Waals surface area contributed by atoms with Crippen molar-refractivity contribution in [2.24, 2.45) is 0 Å². The van der Waals surface area contributed by atoms with E-state index in [1.54, 1.807) is 20.8 Å². The lowest BCUT2D eigenvalue weighted by atomic mass is 10.1. The van der Waals surface area contributed by atoms with E-state index in [-0.39, 0.29) is 29.8 Å². The molecule has 0 atom stereocenters. The maximum absolute atomic E-state index is 13.2. The quantitative estimate of drug-likeness (QED) is 0.403. The minimum absolute atomic E-state index is 0.0203. The van der Waals surface area contributed by atoms with Crippen LogP contribution in [0.4, 0.5) is 18.0 Å². The van der Waals surface area contributed by atoms with Gasteiger partial charge in [-0.3, -0.25) is 0 Å². The first-order chi connectivity index (χ1) is 13.6. The molecular weight excluding hydrogens is 395 g/mol. The van der Waals surface area contributed by atoms with Crippen molar-refractivity contribution in [2.75, 3.05) is 6.61 Å². The van der Waals surface area contributed by atoms with Crippen LogP contribution in [0.5, 0.6) is 5.75 Å². The third kappa shape index (κ3) is 6.63. The topological polar surface area (TPSA) is 92.5 Å². The second kappa shape index (κ2) is 9.22. The van der Waals surface area contributed by atoms with Gasteiger partial charge in [0, 0.05) is 17.8 Å². The number of aromatic nitrogens is 3. The summed E-state index contributed by atoms with van der Waals surface area (Å²) in [5, 5.41) is 3.98. The van der Waals surface area contributed by atoms with Crippen molar-refractivity contribution < 1.29 is 37.0 Å². The van der Waals surface area contributed by atoms with E-state index in [1.165, 1.54) is 12.4 Å². The number of ether oxygens (including phenoxy) is 3. The Morgan fingerprint density at radius 1 is 1.24 bits per heavy atom. The third-order valence-corrected chi connectivity index (χ3v) is 3.18. The maximum atomic E-state index is 13.2. The van der Waals surface area contributed by atoms with Crippen LogP contribution in [-0.2, 0) is 20.4 Å². The van der Waals surface area contributed by atoms with Crippen molar-refractivity contribution in [3.8, 4) is 17.1 Å². The van der Waals surface area contributed by atoms with Gasteiger partial charge in [-0.15, -0.1) is 5.10 Å². The maximum Gasteiger partial charge on any atom is 0.516 e. The molecule has 1 aromatic heterocycles. The normalized spacial score (nSPS) is 11.7. The van der Waals surface area contributed by atoms with E-state index in [2.05, 4.69) is 19.6 Å². The average Bonchev–Trinajstić information content (AvgIpc) is 3.07. The Labute approximate surface area is 163 Å². The van der Waals surface area contributed by atoms with E-state index in [9.17, 15) is 22.8 Å². The van der Waals surface area contributed by atoms with Gasteiger partial charge in [0.1, 0.15) is 12.1 Å². The van der Waals surface area contributed by atoms with Crippen LogP contribution in [0.1, 0.15) is 26.3 Å². The summed E-state index contributed by atoms with van der Waals surface area (Å²) in [5.74, 6) is -1.00. The standard InChI is InChI=1S/C18H18F3N3O5/c1-4-27-17(26)29-15(25)5-6-24-10-22-16(23-24)12-7-13(18(19,20)21)9-14(8-12)28-11(2)3/h5-11H,4H2,1-3H3. The zero-order chi connectivity index (χ0) is 21.6. The molecular formula is C18H18F3N3O5. The first kappa shape index (κ1) is 21.9. The number of nitrogens with zero attached hydrogens (tertiary/aromatic N) is 3. The predicted molar refractivity (Wildman–Crippen MR) is 94.7 cm³/mol. The highest BCUT2D eigenvalue weighted by Crippen LogP contribution is 2.35. The van der Waals surface area contributed by atoms with E-state index >= 15 is 0 Å². The Bertz CT molecular complexity index is 906. The first-order valence-corrected chi connectivity index (χ1v) is 8.45. The van der Waals surface area contributed by atoms with Crippen molar-refractivity contribution in [1.29, 1.82) is 0 Å². The van der Waals surface area contributed by atoms with Gasteiger partial charge < -0.3 is 14.2 Å². The van der Waals surface area contributed by atoms with Gasteiger partial charge in [0.05, 0.1) is 18.3 Å². The predicted octanol–water partition coefficient (Wildman–Crippen LogP) is 3.92. The van der Waals surface area contributed by atoms with E-state index in [0.29, 0.717) is 0 Å². The molecule has 29 heavy (non-hydrogen) atoms. The van der Waals surface area contributed by atoms with Gasteiger partial charge >= 0.3 is 18.3 Å². The number of carbonyl (C=O) groups excluding carboxylic acids is 2. The second-order valence-corrected chi connectivity index (χ2v) is 5.88. The molecule has 0 aliphatic carbocycles. The summed E-state index contributed by atoms with van der Waals surface area (Å²) in [6, 6.07) is 3.17. The Balaban J connectivity index is 2.23. The molecule has 156 valence electrons. The molecule has 1 heterocycles. The van der Waals surface area contributed by atoms with Gasteiger partial charge in [0.15, 0.2) is 5.82 Å². The highest BCUT2D eigenvalue weighted by Gasteiger charge is 2.32. The fraction of sp³-hybridized carbons (Fsp3) is 0.333. The molecule has 0 fully saturated rings. The molecule has 0 saturated heterocycles. The van der Waals surface area contributed by atoms with E-state index in [4.69, 9.17) is 4.74 Å². The second-order valence-electron chi connectivity index (χ2n) is 5.88. The number of esters is 1. The SMILES string of the molecule is CCOC(=O)OC(=O)C=Cn1cnc(-c2cc(OC(C)C)cc(C(F)(F)F)c2)n1. The van der Waals surface area contributed by atoms with Crippen LogP contribution in [0.2, 0.25) is 0 Å². The lowest BCUT2D eigenvalue weighted by Crippen LogP contribution is -2.11. The summed E-state index contributed by atoms with van der Waals surface area (Å²) in [4.78, 5) is 26.4. The van der Waals surface area contributed by atoms with Gasteiger partial charge in [0.2, 0.25) is 0 Å². The molecule has 0 spiro atoms. The van der Waals surface area contributed by atoms with Crippen molar-refractivity contribution in [1.82, 2.24) is 14.8 Å². The Hall–Kier alpha value is -3.37. The molecule has 0 N–H and O–H groups in total.